The molecule has 0 unspecified atom stereocenters. The van der Waals surface area contributed by atoms with E-state index in [9.17, 15) is 0 Å². The summed E-state index contributed by atoms with van der Waals surface area (Å²) >= 11 is 0. The van der Waals surface area contributed by atoms with Gasteiger partial charge < -0.3 is 10.2 Å². The molecule has 2 aromatic rings. The highest BCUT2D eigenvalue weighted by molar-refractivity contribution is 5.32. The van der Waals surface area contributed by atoms with Crippen molar-refractivity contribution in [2.75, 3.05) is 6.54 Å². The zero-order chi connectivity index (χ0) is 12.3. The van der Waals surface area contributed by atoms with Gasteiger partial charge in [0.15, 0.2) is 0 Å². The highest BCUT2D eigenvalue weighted by atomic mass is 16.3. The van der Waals surface area contributed by atoms with Crippen LogP contribution in [0.3, 0.4) is 0 Å². The predicted octanol–water partition coefficient (Wildman–Crippen LogP) is 2.99. The van der Waals surface area contributed by atoms with Gasteiger partial charge in [0.05, 0.1) is 0 Å². The number of rotatable bonds is 4. The van der Waals surface area contributed by atoms with Gasteiger partial charge >= 0.3 is 0 Å². The van der Waals surface area contributed by atoms with Crippen LogP contribution in [0, 0.1) is 13.8 Å². The molecule has 0 atom stereocenters. The second kappa shape index (κ2) is 5.19. The van der Waals surface area contributed by atoms with Gasteiger partial charge in [0, 0.05) is 12.8 Å². The molecule has 2 heteroatoms. The molecule has 0 aliphatic carbocycles. The summed E-state index contributed by atoms with van der Waals surface area (Å²) in [6.45, 7) is 4.91. The Balaban J connectivity index is 2.11. The minimum Gasteiger partial charge on any atom is -0.466 e. The maximum absolute atomic E-state index is 5.72. The molecule has 90 valence electrons. The minimum atomic E-state index is 0.636. The van der Waals surface area contributed by atoms with E-state index in [0.717, 1.165) is 24.4 Å². The van der Waals surface area contributed by atoms with E-state index < -0.39 is 0 Å². The van der Waals surface area contributed by atoms with Gasteiger partial charge in [-0.25, -0.2) is 0 Å². The van der Waals surface area contributed by atoms with Crippen LogP contribution in [0.25, 0.3) is 0 Å². The molecule has 0 aliphatic heterocycles. The van der Waals surface area contributed by atoms with Gasteiger partial charge in [-0.05, 0) is 49.2 Å². The Kier molecular flexibility index (Phi) is 3.64. The van der Waals surface area contributed by atoms with Crippen molar-refractivity contribution in [1.82, 2.24) is 0 Å². The van der Waals surface area contributed by atoms with E-state index in [1.807, 2.05) is 12.1 Å². The molecule has 1 heterocycles. The van der Waals surface area contributed by atoms with Crippen LogP contribution in [-0.4, -0.2) is 6.54 Å². The molecule has 2 nitrogen and oxygen atoms in total. The first-order valence-electron chi connectivity index (χ1n) is 6.03. The summed E-state index contributed by atoms with van der Waals surface area (Å²) in [5.41, 5.74) is 9.45. The van der Waals surface area contributed by atoms with E-state index in [2.05, 4.69) is 32.0 Å². The average Bonchev–Trinajstić information content (AvgIpc) is 2.72. The number of furan rings is 1. The molecule has 0 amide bonds. The second-order valence-corrected chi connectivity index (χ2v) is 4.50. The van der Waals surface area contributed by atoms with Crippen molar-refractivity contribution in [2.24, 2.45) is 5.73 Å². The molecule has 2 rings (SSSR count). The lowest BCUT2D eigenvalue weighted by atomic mass is 10.0. The Hall–Kier alpha value is -1.54. The quantitative estimate of drug-likeness (QED) is 0.875. The third-order valence-corrected chi connectivity index (χ3v) is 3.06. The van der Waals surface area contributed by atoms with Crippen LogP contribution in [0.5, 0.6) is 0 Å². The molecule has 0 saturated heterocycles. The fourth-order valence-corrected chi connectivity index (χ4v) is 1.91. The molecule has 0 bridgehead atoms. The zero-order valence-corrected chi connectivity index (χ0v) is 10.5. The average molecular weight is 229 g/mol. The standard InChI is InChI=1S/C15H19NO/c1-11-3-4-13(9-12(11)2)10-15-6-5-14(17-15)7-8-16/h3-6,9H,7-8,10,16H2,1-2H3. The number of aryl methyl sites for hydroxylation is 2. The van der Waals surface area contributed by atoms with Crippen molar-refractivity contribution in [1.29, 1.82) is 0 Å². The van der Waals surface area contributed by atoms with Crippen molar-refractivity contribution >= 4 is 0 Å². The Morgan fingerprint density at radius 2 is 1.76 bits per heavy atom. The first-order chi connectivity index (χ1) is 8.19. The molecular weight excluding hydrogens is 210 g/mol. The van der Waals surface area contributed by atoms with Crippen LogP contribution < -0.4 is 5.73 Å². The van der Waals surface area contributed by atoms with E-state index >= 15 is 0 Å². The van der Waals surface area contributed by atoms with E-state index in [-0.39, 0.29) is 0 Å². The van der Waals surface area contributed by atoms with Crippen molar-refractivity contribution in [3.63, 3.8) is 0 Å². The summed E-state index contributed by atoms with van der Waals surface area (Å²) in [6, 6.07) is 10.6. The predicted molar refractivity (Wildman–Crippen MR) is 70.2 cm³/mol. The normalized spacial score (nSPS) is 10.8. The summed E-state index contributed by atoms with van der Waals surface area (Å²) in [7, 11) is 0. The van der Waals surface area contributed by atoms with Gasteiger partial charge in [-0.3, -0.25) is 0 Å². The number of hydrogen-bond acceptors (Lipinski definition) is 2. The van der Waals surface area contributed by atoms with Crippen molar-refractivity contribution in [3.8, 4) is 0 Å². The minimum absolute atomic E-state index is 0.636. The molecule has 0 aliphatic rings. The van der Waals surface area contributed by atoms with Gasteiger partial charge in [-0.1, -0.05) is 18.2 Å². The third kappa shape index (κ3) is 2.98. The maximum Gasteiger partial charge on any atom is 0.108 e. The van der Waals surface area contributed by atoms with E-state index in [4.69, 9.17) is 10.2 Å². The van der Waals surface area contributed by atoms with Crippen LogP contribution in [0.15, 0.2) is 34.7 Å². The van der Waals surface area contributed by atoms with Crippen molar-refractivity contribution in [3.05, 3.63) is 58.5 Å². The topological polar surface area (TPSA) is 39.2 Å². The maximum atomic E-state index is 5.72. The lowest BCUT2D eigenvalue weighted by Crippen LogP contribution is -2.01. The molecular formula is C15H19NO. The SMILES string of the molecule is Cc1ccc(Cc2ccc(CCN)o2)cc1C. The monoisotopic (exact) mass is 229 g/mol. The van der Waals surface area contributed by atoms with Crippen LogP contribution in [0.4, 0.5) is 0 Å². The van der Waals surface area contributed by atoms with Gasteiger partial charge in [0.2, 0.25) is 0 Å². The van der Waals surface area contributed by atoms with Crippen LogP contribution in [-0.2, 0) is 12.8 Å². The van der Waals surface area contributed by atoms with Gasteiger partial charge in [-0.2, -0.15) is 0 Å². The Labute approximate surface area is 102 Å². The smallest absolute Gasteiger partial charge is 0.108 e. The number of hydrogen-bond donors (Lipinski definition) is 1. The number of benzene rings is 1. The van der Waals surface area contributed by atoms with Crippen molar-refractivity contribution in [2.45, 2.75) is 26.7 Å². The molecule has 0 fully saturated rings. The Bertz CT molecular complexity index is 499. The molecule has 0 saturated carbocycles. The molecule has 0 spiro atoms. The van der Waals surface area contributed by atoms with Crippen LogP contribution >= 0.6 is 0 Å². The van der Waals surface area contributed by atoms with E-state index in [1.165, 1.54) is 16.7 Å². The number of nitrogens with two attached hydrogens (primary N) is 1. The molecule has 1 aromatic carbocycles. The summed E-state index contributed by atoms with van der Waals surface area (Å²) in [5, 5.41) is 0. The van der Waals surface area contributed by atoms with E-state index in [1.54, 1.807) is 0 Å². The fourth-order valence-electron chi connectivity index (χ4n) is 1.91. The van der Waals surface area contributed by atoms with Crippen LogP contribution in [0.2, 0.25) is 0 Å². The van der Waals surface area contributed by atoms with Gasteiger partial charge in [0.25, 0.3) is 0 Å². The molecule has 2 N–H and O–H groups in total. The Morgan fingerprint density at radius 3 is 2.47 bits per heavy atom. The second-order valence-electron chi connectivity index (χ2n) is 4.50. The first kappa shape index (κ1) is 11.9. The largest absolute Gasteiger partial charge is 0.466 e. The summed E-state index contributed by atoms with van der Waals surface area (Å²) < 4.78 is 5.72. The highest BCUT2D eigenvalue weighted by Crippen LogP contribution is 2.16. The molecule has 17 heavy (non-hydrogen) atoms. The molecule has 0 radical (unpaired) electrons. The van der Waals surface area contributed by atoms with Gasteiger partial charge in [-0.15, -0.1) is 0 Å². The fraction of sp³-hybridized carbons (Fsp3) is 0.333. The lowest BCUT2D eigenvalue weighted by molar-refractivity contribution is 0.474. The molecule has 1 aromatic heterocycles. The van der Waals surface area contributed by atoms with Gasteiger partial charge in [0.1, 0.15) is 11.5 Å². The summed E-state index contributed by atoms with van der Waals surface area (Å²) in [4.78, 5) is 0. The third-order valence-electron chi connectivity index (χ3n) is 3.06. The van der Waals surface area contributed by atoms with E-state index in [0.29, 0.717) is 6.54 Å². The van der Waals surface area contributed by atoms with Crippen molar-refractivity contribution < 1.29 is 4.42 Å². The highest BCUT2D eigenvalue weighted by Gasteiger charge is 2.03. The summed E-state index contributed by atoms with van der Waals surface area (Å²) in [5.74, 6) is 1.99. The lowest BCUT2D eigenvalue weighted by Gasteiger charge is -2.03. The Morgan fingerprint density at radius 1 is 1.00 bits per heavy atom. The zero-order valence-electron chi connectivity index (χ0n) is 10.5. The van der Waals surface area contributed by atoms with Crippen LogP contribution in [0.1, 0.15) is 28.2 Å². The summed E-state index contributed by atoms with van der Waals surface area (Å²) in [6.07, 6.45) is 1.67. The first-order valence-corrected chi connectivity index (χ1v) is 6.03.